The van der Waals surface area contributed by atoms with Crippen LogP contribution in [0, 0.1) is 6.92 Å². The summed E-state index contributed by atoms with van der Waals surface area (Å²) in [6, 6.07) is 11.0. The maximum Gasteiger partial charge on any atom is 0.131 e. The molecule has 2 nitrogen and oxygen atoms in total. The molecule has 0 bridgehead atoms. The van der Waals surface area contributed by atoms with Crippen LogP contribution >= 0.6 is 15.9 Å². The summed E-state index contributed by atoms with van der Waals surface area (Å²) in [5.41, 5.74) is 3.87. The van der Waals surface area contributed by atoms with E-state index in [-0.39, 0.29) is 0 Å². The zero-order valence-electron chi connectivity index (χ0n) is 12.5. The SMILES string of the molecule is Cc1cc(Br)cnc1N(C)Cc1ccc(C(C)C)cc1. The average Bonchev–Trinajstić information content (AvgIpc) is 2.39. The summed E-state index contributed by atoms with van der Waals surface area (Å²) < 4.78 is 1.02. The van der Waals surface area contributed by atoms with Crippen molar-refractivity contribution >= 4 is 21.7 Å². The van der Waals surface area contributed by atoms with Gasteiger partial charge in [0.2, 0.25) is 0 Å². The molecule has 0 fully saturated rings. The maximum absolute atomic E-state index is 4.50. The van der Waals surface area contributed by atoms with E-state index in [1.807, 2.05) is 6.20 Å². The molecule has 2 rings (SSSR count). The Bertz CT molecular complexity index is 576. The summed E-state index contributed by atoms with van der Waals surface area (Å²) in [5.74, 6) is 1.61. The summed E-state index contributed by atoms with van der Waals surface area (Å²) in [6.45, 7) is 7.39. The van der Waals surface area contributed by atoms with Gasteiger partial charge in [0.05, 0.1) is 0 Å². The molecule has 2 aromatic rings. The van der Waals surface area contributed by atoms with Gasteiger partial charge in [-0.25, -0.2) is 4.98 Å². The third-order valence-corrected chi connectivity index (χ3v) is 3.88. The number of hydrogen-bond donors (Lipinski definition) is 0. The second-order valence-electron chi connectivity index (χ2n) is 5.55. The van der Waals surface area contributed by atoms with E-state index in [0.717, 1.165) is 16.8 Å². The zero-order chi connectivity index (χ0) is 14.7. The smallest absolute Gasteiger partial charge is 0.131 e. The summed E-state index contributed by atoms with van der Waals surface area (Å²) in [7, 11) is 2.08. The van der Waals surface area contributed by atoms with E-state index < -0.39 is 0 Å². The van der Waals surface area contributed by atoms with E-state index >= 15 is 0 Å². The third-order valence-electron chi connectivity index (χ3n) is 3.44. The number of benzene rings is 1. The molecule has 0 saturated carbocycles. The van der Waals surface area contributed by atoms with Crippen LogP contribution in [-0.2, 0) is 6.54 Å². The quantitative estimate of drug-likeness (QED) is 0.790. The highest BCUT2D eigenvalue weighted by molar-refractivity contribution is 9.10. The lowest BCUT2D eigenvalue weighted by Crippen LogP contribution is -2.18. The van der Waals surface area contributed by atoms with Crippen LogP contribution in [0.2, 0.25) is 0 Å². The van der Waals surface area contributed by atoms with Crippen molar-refractivity contribution in [3.8, 4) is 0 Å². The molecule has 0 N–H and O–H groups in total. The van der Waals surface area contributed by atoms with Crippen LogP contribution in [0.15, 0.2) is 41.0 Å². The van der Waals surface area contributed by atoms with Crippen LogP contribution in [0.3, 0.4) is 0 Å². The van der Waals surface area contributed by atoms with Crippen LogP contribution in [-0.4, -0.2) is 12.0 Å². The first-order valence-corrected chi connectivity index (χ1v) is 7.69. The van der Waals surface area contributed by atoms with E-state index in [2.05, 4.69) is 84.0 Å². The van der Waals surface area contributed by atoms with E-state index in [4.69, 9.17) is 0 Å². The number of halogens is 1. The minimum atomic E-state index is 0.581. The molecule has 0 radical (unpaired) electrons. The van der Waals surface area contributed by atoms with E-state index in [0.29, 0.717) is 5.92 Å². The predicted molar refractivity (Wildman–Crippen MR) is 89.3 cm³/mol. The molecule has 0 amide bonds. The molecular weight excluding hydrogens is 312 g/mol. The van der Waals surface area contributed by atoms with Gasteiger partial charge in [-0.3, -0.25) is 0 Å². The second kappa shape index (κ2) is 6.40. The second-order valence-corrected chi connectivity index (χ2v) is 6.46. The third kappa shape index (κ3) is 3.60. The van der Waals surface area contributed by atoms with Gasteiger partial charge in [-0.15, -0.1) is 0 Å². The first kappa shape index (κ1) is 15.0. The number of aryl methyl sites for hydroxylation is 1. The Balaban J connectivity index is 2.12. The minimum absolute atomic E-state index is 0.581. The summed E-state index contributed by atoms with van der Waals surface area (Å²) in [6.07, 6.45) is 1.85. The summed E-state index contributed by atoms with van der Waals surface area (Å²) in [5, 5.41) is 0. The van der Waals surface area contributed by atoms with Gasteiger partial charge in [-0.2, -0.15) is 0 Å². The van der Waals surface area contributed by atoms with Gasteiger partial charge < -0.3 is 4.90 Å². The molecule has 3 heteroatoms. The molecule has 0 aliphatic carbocycles. The minimum Gasteiger partial charge on any atom is -0.355 e. The van der Waals surface area contributed by atoms with Gasteiger partial charge in [0.15, 0.2) is 0 Å². The Labute approximate surface area is 130 Å². The lowest BCUT2D eigenvalue weighted by atomic mass is 10.0. The molecule has 1 aromatic heterocycles. The number of anilines is 1. The first-order valence-electron chi connectivity index (χ1n) is 6.89. The van der Waals surface area contributed by atoms with Gasteiger partial charge in [0, 0.05) is 24.3 Å². The molecule has 20 heavy (non-hydrogen) atoms. The van der Waals surface area contributed by atoms with Crippen LogP contribution < -0.4 is 4.90 Å². The van der Waals surface area contributed by atoms with Crippen molar-refractivity contribution in [2.24, 2.45) is 0 Å². The summed E-state index contributed by atoms with van der Waals surface area (Å²) in [4.78, 5) is 6.69. The zero-order valence-corrected chi connectivity index (χ0v) is 14.1. The van der Waals surface area contributed by atoms with Crippen molar-refractivity contribution in [1.82, 2.24) is 4.98 Å². The van der Waals surface area contributed by atoms with Crippen LogP contribution in [0.1, 0.15) is 36.5 Å². The van der Waals surface area contributed by atoms with Crippen molar-refractivity contribution in [1.29, 1.82) is 0 Å². The fourth-order valence-corrected chi connectivity index (χ4v) is 2.74. The van der Waals surface area contributed by atoms with Gasteiger partial charge in [0.25, 0.3) is 0 Å². The van der Waals surface area contributed by atoms with E-state index in [1.165, 1.54) is 16.7 Å². The Morgan fingerprint density at radius 3 is 2.40 bits per heavy atom. The first-order chi connectivity index (χ1) is 9.47. The Morgan fingerprint density at radius 2 is 1.85 bits per heavy atom. The molecule has 1 aromatic carbocycles. The van der Waals surface area contributed by atoms with Crippen molar-refractivity contribution < 1.29 is 0 Å². The summed E-state index contributed by atoms with van der Waals surface area (Å²) >= 11 is 3.45. The molecule has 0 aliphatic heterocycles. The highest BCUT2D eigenvalue weighted by Crippen LogP contribution is 2.22. The largest absolute Gasteiger partial charge is 0.355 e. The Kier molecular flexibility index (Phi) is 4.81. The number of pyridine rings is 1. The van der Waals surface area contributed by atoms with E-state index in [1.54, 1.807) is 0 Å². The molecular formula is C17H21BrN2. The standard InChI is InChI=1S/C17H21BrN2/c1-12(2)15-7-5-14(6-8-15)11-20(4)17-13(3)9-16(18)10-19-17/h5-10,12H,11H2,1-4H3. The van der Waals surface area contributed by atoms with Gasteiger partial charge in [0.1, 0.15) is 5.82 Å². The lowest BCUT2D eigenvalue weighted by Gasteiger charge is -2.20. The average molecular weight is 333 g/mol. The normalized spacial score (nSPS) is 10.9. The van der Waals surface area contributed by atoms with Crippen molar-refractivity contribution in [2.45, 2.75) is 33.2 Å². The van der Waals surface area contributed by atoms with Gasteiger partial charge in [-0.1, -0.05) is 38.1 Å². The highest BCUT2D eigenvalue weighted by Gasteiger charge is 2.08. The molecule has 0 unspecified atom stereocenters. The molecule has 0 aliphatic rings. The van der Waals surface area contributed by atoms with Crippen molar-refractivity contribution in [3.05, 3.63) is 57.7 Å². The topological polar surface area (TPSA) is 16.1 Å². The van der Waals surface area contributed by atoms with Crippen LogP contribution in [0.4, 0.5) is 5.82 Å². The van der Waals surface area contributed by atoms with Crippen molar-refractivity contribution in [2.75, 3.05) is 11.9 Å². The van der Waals surface area contributed by atoms with E-state index in [9.17, 15) is 0 Å². The number of nitrogens with zero attached hydrogens (tertiary/aromatic N) is 2. The van der Waals surface area contributed by atoms with Gasteiger partial charge in [-0.05, 0) is 51.5 Å². The Morgan fingerprint density at radius 1 is 1.20 bits per heavy atom. The molecule has 0 saturated heterocycles. The monoisotopic (exact) mass is 332 g/mol. The fraction of sp³-hybridized carbons (Fsp3) is 0.353. The molecule has 1 heterocycles. The number of rotatable bonds is 4. The lowest BCUT2D eigenvalue weighted by molar-refractivity contribution is 0.857. The molecule has 0 spiro atoms. The van der Waals surface area contributed by atoms with Gasteiger partial charge >= 0.3 is 0 Å². The van der Waals surface area contributed by atoms with Crippen LogP contribution in [0.5, 0.6) is 0 Å². The molecule has 0 atom stereocenters. The number of aromatic nitrogens is 1. The maximum atomic E-state index is 4.50. The fourth-order valence-electron chi connectivity index (χ4n) is 2.29. The number of hydrogen-bond acceptors (Lipinski definition) is 2. The van der Waals surface area contributed by atoms with Crippen molar-refractivity contribution in [3.63, 3.8) is 0 Å². The Hall–Kier alpha value is -1.35. The van der Waals surface area contributed by atoms with Crippen LogP contribution in [0.25, 0.3) is 0 Å². The molecule has 106 valence electrons. The predicted octanol–water partition coefficient (Wildman–Crippen LogP) is 4.91. The highest BCUT2D eigenvalue weighted by atomic mass is 79.9.